The highest BCUT2D eigenvalue weighted by Gasteiger charge is 2.36. The Morgan fingerprint density at radius 3 is 2.89 bits per heavy atom. The van der Waals surface area contributed by atoms with E-state index in [4.69, 9.17) is 0 Å². The zero-order valence-corrected chi connectivity index (χ0v) is 11.6. The molecule has 1 aliphatic carbocycles. The summed E-state index contributed by atoms with van der Waals surface area (Å²) in [6.45, 7) is 3.89. The number of nitrogens with zero attached hydrogens (tertiary/aromatic N) is 1. The molecular weight excluding hydrogens is 236 g/mol. The molecule has 2 fully saturated rings. The Morgan fingerprint density at radius 1 is 1.32 bits per heavy atom. The fourth-order valence-electron chi connectivity index (χ4n) is 3.38. The number of piperazine rings is 1. The van der Waals surface area contributed by atoms with Crippen LogP contribution in [-0.2, 0) is 11.2 Å². The molecule has 2 atom stereocenters. The van der Waals surface area contributed by atoms with Crippen molar-refractivity contribution >= 4 is 5.91 Å². The van der Waals surface area contributed by atoms with Crippen molar-refractivity contribution < 1.29 is 4.79 Å². The molecule has 3 heteroatoms. The molecule has 19 heavy (non-hydrogen) atoms. The lowest BCUT2D eigenvalue weighted by Gasteiger charge is -2.38. The van der Waals surface area contributed by atoms with Crippen molar-refractivity contribution in [3.63, 3.8) is 0 Å². The minimum atomic E-state index is 0.294. The van der Waals surface area contributed by atoms with Gasteiger partial charge < -0.3 is 10.2 Å². The molecule has 102 valence electrons. The Hall–Kier alpha value is -1.35. The minimum Gasteiger partial charge on any atom is -0.337 e. The quantitative estimate of drug-likeness (QED) is 0.878. The third-order valence-electron chi connectivity index (χ3n) is 4.44. The van der Waals surface area contributed by atoms with Gasteiger partial charge in [-0.25, -0.2) is 0 Å². The molecule has 1 heterocycles. The average molecular weight is 258 g/mol. The van der Waals surface area contributed by atoms with Crippen molar-refractivity contribution in [1.29, 1.82) is 0 Å². The van der Waals surface area contributed by atoms with E-state index in [-0.39, 0.29) is 0 Å². The van der Waals surface area contributed by atoms with Gasteiger partial charge in [-0.2, -0.15) is 0 Å². The van der Waals surface area contributed by atoms with E-state index >= 15 is 0 Å². The van der Waals surface area contributed by atoms with Crippen LogP contribution < -0.4 is 5.32 Å². The van der Waals surface area contributed by atoms with Crippen LogP contribution in [0.4, 0.5) is 0 Å². The van der Waals surface area contributed by atoms with E-state index in [1.807, 2.05) is 0 Å². The third-order valence-corrected chi connectivity index (χ3v) is 4.44. The second-order valence-electron chi connectivity index (χ2n) is 5.81. The molecule has 3 rings (SSSR count). The Labute approximate surface area is 115 Å². The van der Waals surface area contributed by atoms with Gasteiger partial charge in [0.05, 0.1) is 6.42 Å². The van der Waals surface area contributed by atoms with Crippen molar-refractivity contribution in [2.24, 2.45) is 0 Å². The van der Waals surface area contributed by atoms with Crippen LogP contribution in [0.15, 0.2) is 24.3 Å². The Morgan fingerprint density at radius 2 is 2.11 bits per heavy atom. The summed E-state index contributed by atoms with van der Waals surface area (Å²) in [5.74, 6) is 0.294. The van der Waals surface area contributed by atoms with E-state index in [1.165, 1.54) is 18.4 Å². The Bertz CT molecular complexity index is 454. The standard InChI is InChI=1S/C16H22N2O/c1-12-5-7-13(8-6-12)11-16(19)18-10-9-17-14-3-2-4-15(14)18/h5-8,14-15,17H,2-4,9-11H2,1H3. The molecule has 2 aliphatic rings. The Balaban J connectivity index is 1.67. The fourth-order valence-corrected chi connectivity index (χ4v) is 3.38. The molecule has 0 bridgehead atoms. The number of rotatable bonds is 2. The van der Waals surface area contributed by atoms with Crippen LogP contribution in [0.2, 0.25) is 0 Å². The van der Waals surface area contributed by atoms with Crippen LogP contribution in [0.25, 0.3) is 0 Å². The lowest BCUT2D eigenvalue weighted by molar-refractivity contribution is -0.134. The third kappa shape index (κ3) is 2.66. The first-order chi connectivity index (χ1) is 9.24. The summed E-state index contributed by atoms with van der Waals surface area (Å²) in [5.41, 5.74) is 2.37. The highest BCUT2D eigenvalue weighted by Crippen LogP contribution is 2.27. The number of fused-ring (bicyclic) bond motifs is 1. The lowest BCUT2D eigenvalue weighted by Crippen LogP contribution is -2.57. The molecule has 0 aromatic heterocycles. The van der Waals surface area contributed by atoms with Gasteiger partial charge in [0.15, 0.2) is 0 Å². The second-order valence-corrected chi connectivity index (χ2v) is 5.81. The average Bonchev–Trinajstić information content (AvgIpc) is 2.89. The van der Waals surface area contributed by atoms with Gasteiger partial charge in [-0.05, 0) is 31.7 Å². The molecule has 1 saturated heterocycles. The summed E-state index contributed by atoms with van der Waals surface area (Å²) in [6, 6.07) is 9.28. The van der Waals surface area contributed by atoms with Crippen LogP contribution in [0.1, 0.15) is 30.4 Å². The molecule has 1 aromatic rings. The molecular formula is C16H22N2O. The van der Waals surface area contributed by atoms with E-state index in [9.17, 15) is 4.79 Å². The predicted molar refractivity (Wildman–Crippen MR) is 76.0 cm³/mol. The Kier molecular flexibility index (Phi) is 3.56. The van der Waals surface area contributed by atoms with E-state index in [0.717, 1.165) is 25.1 Å². The number of carbonyl (C=O) groups excluding carboxylic acids is 1. The molecule has 1 amide bonds. The van der Waals surface area contributed by atoms with Crippen LogP contribution in [0.5, 0.6) is 0 Å². The summed E-state index contributed by atoms with van der Waals surface area (Å²) < 4.78 is 0. The van der Waals surface area contributed by atoms with Crippen molar-refractivity contribution in [1.82, 2.24) is 10.2 Å². The van der Waals surface area contributed by atoms with Gasteiger partial charge in [0.25, 0.3) is 0 Å². The number of aryl methyl sites for hydroxylation is 1. The molecule has 1 saturated carbocycles. The first kappa shape index (κ1) is 12.7. The fraction of sp³-hybridized carbons (Fsp3) is 0.562. The van der Waals surface area contributed by atoms with Crippen LogP contribution in [0.3, 0.4) is 0 Å². The highest BCUT2D eigenvalue weighted by molar-refractivity contribution is 5.79. The largest absolute Gasteiger partial charge is 0.337 e. The molecule has 1 aliphatic heterocycles. The van der Waals surface area contributed by atoms with E-state index < -0.39 is 0 Å². The first-order valence-electron chi connectivity index (χ1n) is 7.32. The van der Waals surface area contributed by atoms with Gasteiger partial charge in [0.2, 0.25) is 5.91 Å². The zero-order chi connectivity index (χ0) is 13.2. The van der Waals surface area contributed by atoms with Crippen LogP contribution in [0, 0.1) is 6.92 Å². The molecule has 3 nitrogen and oxygen atoms in total. The van der Waals surface area contributed by atoms with Gasteiger partial charge in [0.1, 0.15) is 0 Å². The molecule has 0 radical (unpaired) electrons. The predicted octanol–water partition coefficient (Wildman–Crippen LogP) is 1.89. The summed E-state index contributed by atoms with van der Waals surface area (Å²) in [7, 11) is 0. The van der Waals surface area contributed by atoms with Crippen LogP contribution >= 0.6 is 0 Å². The summed E-state index contributed by atoms with van der Waals surface area (Å²) in [4.78, 5) is 14.6. The zero-order valence-electron chi connectivity index (χ0n) is 11.6. The molecule has 1 N–H and O–H groups in total. The number of benzene rings is 1. The minimum absolute atomic E-state index is 0.294. The molecule has 2 unspecified atom stereocenters. The van der Waals surface area contributed by atoms with Crippen molar-refractivity contribution in [3.05, 3.63) is 35.4 Å². The summed E-state index contributed by atoms with van der Waals surface area (Å²) in [5, 5.41) is 3.54. The smallest absolute Gasteiger partial charge is 0.227 e. The van der Waals surface area contributed by atoms with Crippen molar-refractivity contribution in [2.75, 3.05) is 13.1 Å². The topological polar surface area (TPSA) is 32.3 Å². The van der Waals surface area contributed by atoms with Gasteiger partial charge in [-0.1, -0.05) is 29.8 Å². The van der Waals surface area contributed by atoms with E-state index in [1.54, 1.807) is 0 Å². The second kappa shape index (κ2) is 5.33. The van der Waals surface area contributed by atoms with E-state index in [2.05, 4.69) is 41.4 Å². The van der Waals surface area contributed by atoms with Gasteiger partial charge >= 0.3 is 0 Å². The van der Waals surface area contributed by atoms with Crippen molar-refractivity contribution in [3.8, 4) is 0 Å². The highest BCUT2D eigenvalue weighted by atomic mass is 16.2. The monoisotopic (exact) mass is 258 g/mol. The lowest BCUT2D eigenvalue weighted by atomic mass is 10.0. The first-order valence-corrected chi connectivity index (χ1v) is 7.32. The number of carbonyl (C=O) groups is 1. The van der Waals surface area contributed by atoms with Gasteiger partial charge in [-0.15, -0.1) is 0 Å². The number of nitrogens with one attached hydrogen (secondary N) is 1. The van der Waals surface area contributed by atoms with Crippen LogP contribution in [-0.4, -0.2) is 36.0 Å². The maximum Gasteiger partial charge on any atom is 0.227 e. The number of amides is 1. The number of hydrogen-bond acceptors (Lipinski definition) is 2. The number of hydrogen-bond donors (Lipinski definition) is 1. The maximum absolute atomic E-state index is 12.5. The molecule has 0 spiro atoms. The van der Waals surface area contributed by atoms with E-state index in [0.29, 0.717) is 24.4 Å². The van der Waals surface area contributed by atoms with Gasteiger partial charge in [-0.3, -0.25) is 4.79 Å². The normalized spacial score (nSPS) is 26.3. The SMILES string of the molecule is Cc1ccc(CC(=O)N2CCNC3CCCC32)cc1. The van der Waals surface area contributed by atoms with Gasteiger partial charge in [0, 0.05) is 25.2 Å². The summed E-state index contributed by atoms with van der Waals surface area (Å²) in [6.07, 6.45) is 4.18. The van der Waals surface area contributed by atoms with Crippen molar-refractivity contribution in [2.45, 2.75) is 44.7 Å². The summed E-state index contributed by atoms with van der Waals surface area (Å²) >= 11 is 0. The molecule has 1 aromatic carbocycles. The maximum atomic E-state index is 12.5.